The number of piperidine rings is 1. The van der Waals surface area contributed by atoms with E-state index in [4.69, 9.17) is 5.73 Å². The zero-order chi connectivity index (χ0) is 12.1. The van der Waals surface area contributed by atoms with E-state index in [1.54, 1.807) is 0 Å². The largest absolute Gasteiger partial charge is 0.330 e. The summed E-state index contributed by atoms with van der Waals surface area (Å²) >= 11 is 0. The third kappa shape index (κ3) is 3.67. The molecule has 0 aromatic heterocycles. The minimum absolute atomic E-state index is 0.684. The Morgan fingerprint density at radius 3 is 2.65 bits per heavy atom. The van der Waals surface area contributed by atoms with Crippen molar-refractivity contribution in [3.63, 3.8) is 0 Å². The van der Waals surface area contributed by atoms with Gasteiger partial charge >= 0.3 is 0 Å². The van der Waals surface area contributed by atoms with Crippen molar-refractivity contribution in [3.8, 4) is 0 Å². The Bertz CT molecular complexity index is 220. The Morgan fingerprint density at radius 1 is 1.12 bits per heavy atom. The van der Waals surface area contributed by atoms with E-state index >= 15 is 0 Å². The van der Waals surface area contributed by atoms with Gasteiger partial charge in [-0.15, -0.1) is 0 Å². The topological polar surface area (TPSA) is 41.3 Å². The van der Waals surface area contributed by atoms with Crippen LogP contribution in [0, 0.1) is 5.92 Å². The highest BCUT2D eigenvalue weighted by molar-refractivity contribution is 4.84. The van der Waals surface area contributed by atoms with Crippen LogP contribution in [0.3, 0.4) is 0 Å². The lowest BCUT2D eigenvalue weighted by molar-refractivity contribution is 0.165. The maximum Gasteiger partial charge on any atom is 0.0217 e. The molecule has 0 bridgehead atoms. The quantitative estimate of drug-likeness (QED) is 0.782. The molecule has 100 valence electrons. The van der Waals surface area contributed by atoms with Crippen LogP contribution in [0.1, 0.15) is 44.9 Å². The highest BCUT2D eigenvalue weighted by atomic mass is 15.2. The third-order valence-electron chi connectivity index (χ3n) is 4.75. The number of nitrogens with two attached hydrogens (primary N) is 1. The second-order valence-electron chi connectivity index (χ2n) is 5.93. The van der Waals surface area contributed by atoms with Gasteiger partial charge in [0.1, 0.15) is 0 Å². The van der Waals surface area contributed by atoms with Crippen molar-refractivity contribution < 1.29 is 0 Å². The number of nitrogens with one attached hydrogen (secondary N) is 1. The molecule has 0 radical (unpaired) electrons. The average molecular weight is 239 g/mol. The Hall–Kier alpha value is -0.120. The molecular formula is C14H29N3. The molecule has 3 N–H and O–H groups in total. The van der Waals surface area contributed by atoms with Gasteiger partial charge in [0.05, 0.1) is 0 Å². The minimum atomic E-state index is 0.684. The molecular weight excluding hydrogens is 210 g/mol. The van der Waals surface area contributed by atoms with Gasteiger partial charge in [-0.1, -0.05) is 19.3 Å². The van der Waals surface area contributed by atoms with Crippen LogP contribution in [0.15, 0.2) is 0 Å². The lowest BCUT2D eigenvalue weighted by Crippen LogP contribution is -2.49. The Morgan fingerprint density at radius 2 is 1.88 bits per heavy atom. The van der Waals surface area contributed by atoms with Gasteiger partial charge in [-0.25, -0.2) is 0 Å². The van der Waals surface area contributed by atoms with Crippen LogP contribution in [-0.2, 0) is 0 Å². The summed E-state index contributed by atoms with van der Waals surface area (Å²) in [5.41, 5.74) is 5.88. The van der Waals surface area contributed by atoms with Gasteiger partial charge in [0.25, 0.3) is 0 Å². The minimum Gasteiger partial charge on any atom is -0.330 e. The SMILES string of the molecule is CN1CCCCC1CNC1CCCCC1CN. The Kier molecular flexibility index (Phi) is 5.26. The molecule has 2 fully saturated rings. The van der Waals surface area contributed by atoms with E-state index in [1.807, 2.05) is 0 Å². The van der Waals surface area contributed by atoms with Crippen molar-refractivity contribution in [1.82, 2.24) is 10.2 Å². The molecule has 3 unspecified atom stereocenters. The van der Waals surface area contributed by atoms with Crippen molar-refractivity contribution in [2.45, 2.75) is 57.0 Å². The molecule has 1 saturated carbocycles. The predicted molar refractivity (Wildman–Crippen MR) is 73.1 cm³/mol. The Balaban J connectivity index is 1.75. The van der Waals surface area contributed by atoms with E-state index in [2.05, 4.69) is 17.3 Å². The molecule has 2 rings (SSSR count). The molecule has 2 aliphatic rings. The van der Waals surface area contributed by atoms with Gasteiger partial charge < -0.3 is 16.0 Å². The van der Waals surface area contributed by atoms with Gasteiger partial charge in [-0.05, 0) is 51.7 Å². The lowest BCUT2D eigenvalue weighted by Gasteiger charge is -2.36. The summed E-state index contributed by atoms with van der Waals surface area (Å²) in [7, 11) is 2.27. The van der Waals surface area contributed by atoms with E-state index < -0.39 is 0 Å². The number of nitrogens with zero attached hydrogens (tertiary/aromatic N) is 1. The summed E-state index contributed by atoms with van der Waals surface area (Å²) in [5.74, 6) is 0.720. The first-order valence-corrected chi connectivity index (χ1v) is 7.45. The first-order valence-electron chi connectivity index (χ1n) is 7.45. The molecule has 1 heterocycles. The van der Waals surface area contributed by atoms with E-state index in [1.165, 1.54) is 51.5 Å². The Labute approximate surface area is 106 Å². The molecule has 0 spiro atoms. The molecule has 3 heteroatoms. The molecule has 1 aliphatic carbocycles. The number of likely N-dealkylation sites (N-methyl/N-ethyl adjacent to an activating group) is 1. The van der Waals surface area contributed by atoms with Crippen molar-refractivity contribution >= 4 is 0 Å². The summed E-state index contributed by atoms with van der Waals surface area (Å²) in [6.45, 7) is 3.30. The summed E-state index contributed by atoms with van der Waals surface area (Å²) in [5, 5.41) is 3.80. The monoisotopic (exact) mass is 239 g/mol. The van der Waals surface area contributed by atoms with E-state index in [9.17, 15) is 0 Å². The molecule has 0 aromatic carbocycles. The van der Waals surface area contributed by atoms with E-state index in [0.717, 1.165) is 25.0 Å². The highest BCUT2D eigenvalue weighted by Gasteiger charge is 2.25. The third-order valence-corrected chi connectivity index (χ3v) is 4.75. The van der Waals surface area contributed by atoms with Gasteiger partial charge in [0, 0.05) is 18.6 Å². The fourth-order valence-electron chi connectivity index (χ4n) is 3.45. The van der Waals surface area contributed by atoms with Gasteiger partial charge in [-0.2, -0.15) is 0 Å². The number of likely N-dealkylation sites (tertiary alicyclic amines) is 1. The number of hydrogen-bond acceptors (Lipinski definition) is 3. The molecule has 0 aromatic rings. The molecule has 0 amide bonds. The smallest absolute Gasteiger partial charge is 0.0217 e. The van der Waals surface area contributed by atoms with Gasteiger partial charge in [0.15, 0.2) is 0 Å². The first kappa shape index (κ1) is 13.3. The number of rotatable bonds is 4. The maximum absolute atomic E-state index is 5.88. The molecule has 1 aliphatic heterocycles. The molecule has 17 heavy (non-hydrogen) atoms. The summed E-state index contributed by atoms with van der Waals surface area (Å²) in [4.78, 5) is 2.52. The predicted octanol–water partition coefficient (Wildman–Crippen LogP) is 1.58. The fraction of sp³-hybridized carbons (Fsp3) is 1.00. The van der Waals surface area contributed by atoms with Crippen LogP contribution in [-0.4, -0.2) is 43.7 Å². The van der Waals surface area contributed by atoms with Crippen LogP contribution in [0.5, 0.6) is 0 Å². The van der Waals surface area contributed by atoms with Crippen LogP contribution < -0.4 is 11.1 Å². The summed E-state index contributed by atoms with van der Waals surface area (Å²) < 4.78 is 0. The molecule has 1 saturated heterocycles. The summed E-state index contributed by atoms with van der Waals surface area (Å²) in [6.07, 6.45) is 9.57. The highest BCUT2D eigenvalue weighted by Crippen LogP contribution is 2.24. The van der Waals surface area contributed by atoms with Crippen LogP contribution in [0.2, 0.25) is 0 Å². The average Bonchev–Trinajstić information content (AvgIpc) is 2.38. The second kappa shape index (κ2) is 6.72. The van der Waals surface area contributed by atoms with Crippen LogP contribution in [0.4, 0.5) is 0 Å². The second-order valence-corrected chi connectivity index (χ2v) is 5.93. The van der Waals surface area contributed by atoms with Crippen molar-refractivity contribution in [2.24, 2.45) is 11.7 Å². The standard InChI is InChI=1S/C14H29N3/c1-17-9-5-4-7-13(17)11-16-14-8-3-2-6-12(14)10-15/h12-14,16H,2-11,15H2,1H3. The number of hydrogen-bond donors (Lipinski definition) is 2. The van der Waals surface area contributed by atoms with Crippen molar-refractivity contribution in [1.29, 1.82) is 0 Å². The first-order chi connectivity index (χ1) is 8.31. The van der Waals surface area contributed by atoms with Gasteiger partial charge in [-0.3, -0.25) is 0 Å². The van der Waals surface area contributed by atoms with Gasteiger partial charge in [0.2, 0.25) is 0 Å². The molecule has 3 atom stereocenters. The fourth-order valence-corrected chi connectivity index (χ4v) is 3.45. The maximum atomic E-state index is 5.88. The zero-order valence-corrected chi connectivity index (χ0v) is 11.3. The van der Waals surface area contributed by atoms with Crippen LogP contribution in [0.25, 0.3) is 0 Å². The van der Waals surface area contributed by atoms with Crippen molar-refractivity contribution in [3.05, 3.63) is 0 Å². The normalized spacial score (nSPS) is 36.0. The van der Waals surface area contributed by atoms with Crippen molar-refractivity contribution in [2.75, 3.05) is 26.7 Å². The van der Waals surface area contributed by atoms with Crippen LogP contribution >= 0.6 is 0 Å². The van der Waals surface area contributed by atoms with E-state index in [0.29, 0.717) is 6.04 Å². The van der Waals surface area contributed by atoms with E-state index in [-0.39, 0.29) is 0 Å². The zero-order valence-electron chi connectivity index (χ0n) is 11.3. The lowest BCUT2D eigenvalue weighted by atomic mass is 9.84. The molecule has 3 nitrogen and oxygen atoms in total. The summed E-state index contributed by atoms with van der Waals surface area (Å²) in [6, 6.07) is 1.44.